The van der Waals surface area contributed by atoms with Crippen LogP contribution in [0.5, 0.6) is 0 Å². The van der Waals surface area contributed by atoms with Crippen molar-refractivity contribution in [2.75, 3.05) is 18.7 Å². The molecule has 1 fully saturated rings. The van der Waals surface area contributed by atoms with Crippen molar-refractivity contribution in [3.63, 3.8) is 0 Å². The van der Waals surface area contributed by atoms with Crippen molar-refractivity contribution < 1.29 is 14.3 Å². The van der Waals surface area contributed by atoms with Crippen molar-refractivity contribution in [3.05, 3.63) is 29.8 Å². The fourth-order valence-electron chi connectivity index (χ4n) is 2.72. The van der Waals surface area contributed by atoms with Gasteiger partial charge in [0.2, 0.25) is 0 Å². The number of hydrazone groups is 1. The van der Waals surface area contributed by atoms with Crippen LogP contribution in [0.15, 0.2) is 29.4 Å². The van der Waals surface area contributed by atoms with Gasteiger partial charge in [-0.2, -0.15) is 5.10 Å². The number of benzene rings is 1. The molecule has 0 bridgehead atoms. The zero-order chi connectivity index (χ0) is 14.1. The summed E-state index contributed by atoms with van der Waals surface area (Å²) >= 11 is 0. The first-order chi connectivity index (χ1) is 9.70. The van der Waals surface area contributed by atoms with E-state index in [1.165, 1.54) is 12.7 Å². The fourth-order valence-corrected chi connectivity index (χ4v) is 2.72. The van der Waals surface area contributed by atoms with E-state index in [2.05, 4.69) is 5.10 Å². The summed E-state index contributed by atoms with van der Waals surface area (Å²) in [6.45, 7) is 2.74. The molecule has 5 heteroatoms. The van der Waals surface area contributed by atoms with Gasteiger partial charge in [-0.15, -0.1) is 0 Å². The van der Waals surface area contributed by atoms with Crippen molar-refractivity contribution in [2.24, 2.45) is 11.0 Å². The quantitative estimate of drug-likeness (QED) is 0.775. The normalized spacial score (nSPS) is 25.1. The lowest BCUT2D eigenvalue weighted by Crippen LogP contribution is -2.40. The molecule has 20 heavy (non-hydrogen) atoms. The van der Waals surface area contributed by atoms with Gasteiger partial charge in [0.1, 0.15) is 0 Å². The molecule has 0 saturated carbocycles. The summed E-state index contributed by atoms with van der Waals surface area (Å²) in [5.74, 6) is -0.363. The average Bonchev–Trinajstić information content (AvgIpc) is 2.87. The maximum absolute atomic E-state index is 11.9. The minimum Gasteiger partial charge on any atom is -0.464 e. The summed E-state index contributed by atoms with van der Waals surface area (Å²) in [7, 11) is 1.39. The fraction of sp³-hybridized carbons (Fsp3) is 0.467. The molecule has 3 rings (SSSR count). The van der Waals surface area contributed by atoms with E-state index in [1.54, 1.807) is 5.01 Å². The molecule has 0 amide bonds. The van der Waals surface area contributed by atoms with Gasteiger partial charge in [-0.1, -0.05) is 17.7 Å². The number of hydrogen-bond acceptors (Lipinski definition) is 5. The number of aryl methyl sites for hydroxylation is 1. The van der Waals surface area contributed by atoms with Crippen molar-refractivity contribution >= 4 is 17.4 Å². The second-order valence-electron chi connectivity index (χ2n) is 5.17. The van der Waals surface area contributed by atoms with Crippen molar-refractivity contribution in [1.82, 2.24) is 0 Å². The Hall–Kier alpha value is -1.88. The highest BCUT2D eigenvalue weighted by Gasteiger charge is 2.43. The molecule has 2 atom stereocenters. The van der Waals surface area contributed by atoms with Gasteiger partial charge >= 0.3 is 5.97 Å². The highest BCUT2D eigenvalue weighted by molar-refractivity contribution is 6.38. The molecule has 1 aromatic rings. The Bertz CT molecular complexity index is 539. The number of ether oxygens (including phenoxy) is 2. The zero-order valence-corrected chi connectivity index (χ0v) is 11.7. The van der Waals surface area contributed by atoms with Crippen molar-refractivity contribution in [1.29, 1.82) is 0 Å². The summed E-state index contributed by atoms with van der Waals surface area (Å²) in [5.41, 5.74) is 2.59. The van der Waals surface area contributed by atoms with Crippen LogP contribution in [0.1, 0.15) is 18.4 Å². The van der Waals surface area contributed by atoms with Gasteiger partial charge in [-0.25, -0.2) is 9.80 Å². The molecule has 1 saturated heterocycles. The first-order valence-corrected chi connectivity index (χ1v) is 6.85. The van der Waals surface area contributed by atoms with E-state index in [0.29, 0.717) is 12.3 Å². The summed E-state index contributed by atoms with van der Waals surface area (Å²) in [5, 5.41) is 6.25. The maximum Gasteiger partial charge on any atom is 0.354 e. The van der Waals surface area contributed by atoms with E-state index in [1.807, 2.05) is 31.2 Å². The number of anilines is 1. The standard InChI is InChI=1S/C15H18N2O3/c1-10-5-7-11(8-6-10)17-14-12(4-3-9-20-14)13(16-17)15(18)19-2/h5-8,12,14H,3-4,9H2,1-2H3/t12-,14-/m1/s1. The first-order valence-electron chi connectivity index (χ1n) is 6.85. The third-order valence-electron chi connectivity index (χ3n) is 3.79. The van der Waals surface area contributed by atoms with Crippen LogP contribution in [0, 0.1) is 12.8 Å². The molecular weight excluding hydrogens is 256 g/mol. The summed E-state index contributed by atoms with van der Waals surface area (Å²) < 4.78 is 10.7. The van der Waals surface area contributed by atoms with Crippen LogP contribution in [-0.2, 0) is 14.3 Å². The lowest BCUT2D eigenvalue weighted by Gasteiger charge is -2.31. The predicted octanol–water partition coefficient (Wildman–Crippen LogP) is 2.10. The van der Waals surface area contributed by atoms with Crippen LogP contribution < -0.4 is 5.01 Å². The predicted molar refractivity (Wildman–Crippen MR) is 75.6 cm³/mol. The van der Waals surface area contributed by atoms with Gasteiger partial charge < -0.3 is 9.47 Å². The Kier molecular flexibility index (Phi) is 3.44. The maximum atomic E-state index is 11.9. The third-order valence-corrected chi connectivity index (χ3v) is 3.79. The highest BCUT2D eigenvalue weighted by atomic mass is 16.5. The number of rotatable bonds is 2. The van der Waals surface area contributed by atoms with E-state index in [-0.39, 0.29) is 18.1 Å². The summed E-state index contributed by atoms with van der Waals surface area (Å²) in [4.78, 5) is 11.9. The summed E-state index contributed by atoms with van der Waals surface area (Å²) in [6.07, 6.45) is 1.65. The van der Waals surface area contributed by atoms with E-state index >= 15 is 0 Å². The molecule has 0 aromatic heterocycles. The Morgan fingerprint density at radius 2 is 2.15 bits per heavy atom. The molecule has 2 aliphatic rings. The molecule has 0 aliphatic carbocycles. The van der Waals surface area contributed by atoms with Gasteiger partial charge in [0, 0.05) is 6.61 Å². The minimum atomic E-state index is -0.361. The smallest absolute Gasteiger partial charge is 0.354 e. The second kappa shape index (κ2) is 5.25. The number of nitrogens with zero attached hydrogens (tertiary/aromatic N) is 2. The molecular formula is C15H18N2O3. The summed E-state index contributed by atoms with van der Waals surface area (Å²) in [6, 6.07) is 8.04. The van der Waals surface area contributed by atoms with Crippen LogP contribution >= 0.6 is 0 Å². The molecule has 0 unspecified atom stereocenters. The zero-order valence-electron chi connectivity index (χ0n) is 11.7. The second-order valence-corrected chi connectivity index (χ2v) is 5.17. The molecule has 0 N–H and O–H groups in total. The Labute approximate surface area is 118 Å². The average molecular weight is 274 g/mol. The molecule has 2 heterocycles. The number of hydrogen-bond donors (Lipinski definition) is 0. The van der Waals surface area contributed by atoms with E-state index in [4.69, 9.17) is 9.47 Å². The Balaban J connectivity index is 1.94. The molecule has 0 spiro atoms. The number of fused-ring (bicyclic) bond motifs is 1. The van der Waals surface area contributed by atoms with Crippen LogP contribution in [-0.4, -0.2) is 31.6 Å². The Morgan fingerprint density at radius 3 is 2.85 bits per heavy atom. The lowest BCUT2D eigenvalue weighted by molar-refractivity contribution is -0.133. The number of esters is 1. The van der Waals surface area contributed by atoms with Crippen molar-refractivity contribution in [2.45, 2.75) is 26.0 Å². The van der Waals surface area contributed by atoms with Crippen LogP contribution in [0.4, 0.5) is 5.69 Å². The lowest BCUT2D eigenvalue weighted by atomic mass is 9.94. The molecule has 106 valence electrons. The molecule has 2 aliphatic heterocycles. The van der Waals surface area contributed by atoms with Gasteiger partial charge in [-0.3, -0.25) is 0 Å². The number of methoxy groups -OCH3 is 1. The van der Waals surface area contributed by atoms with Gasteiger partial charge in [-0.05, 0) is 31.9 Å². The first kappa shape index (κ1) is 13.1. The van der Waals surface area contributed by atoms with Gasteiger partial charge in [0.15, 0.2) is 11.9 Å². The molecule has 5 nitrogen and oxygen atoms in total. The van der Waals surface area contributed by atoms with Crippen LogP contribution in [0.3, 0.4) is 0 Å². The van der Waals surface area contributed by atoms with E-state index in [9.17, 15) is 4.79 Å². The van der Waals surface area contributed by atoms with Crippen LogP contribution in [0.2, 0.25) is 0 Å². The largest absolute Gasteiger partial charge is 0.464 e. The van der Waals surface area contributed by atoms with E-state index < -0.39 is 0 Å². The molecule has 0 radical (unpaired) electrons. The number of carbonyl (C=O) groups excluding carboxylic acids is 1. The van der Waals surface area contributed by atoms with E-state index in [0.717, 1.165) is 18.5 Å². The van der Waals surface area contributed by atoms with Crippen LogP contribution in [0.25, 0.3) is 0 Å². The van der Waals surface area contributed by atoms with Crippen molar-refractivity contribution in [3.8, 4) is 0 Å². The third kappa shape index (κ3) is 2.18. The highest BCUT2D eigenvalue weighted by Crippen LogP contribution is 2.34. The topological polar surface area (TPSA) is 51.1 Å². The Morgan fingerprint density at radius 1 is 1.40 bits per heavy atom. The molecule has 1 aromatic carbocycles. The minimum absolute atomic E-state index is 0.00231. The van der Waals surface area contributed by atoms with Gasteiger partial charge in [0.25, 0.3) is 0 Å². The number of carbonyl (C=O) groups is 1. The monoisotopic (exact) mass is 274 g/mol. The van der Waals surface area contributed by atoms with Gasteiger partial charge in [0.05, 0.1) is 18.7 Å². The SMILES string of the molecule is COC(=O)C1=NN(c2ccc(C)cc2)[C@@H]2OCCC[C@H]12.